The summed E-state index contributed by atoms with van der Waals surface area (Å²) >= 11 is 0. The number of benzene rings is 1. The average molecular weight is 257 g/mol. The highest BCUT2D eigenvalue weighted by atomic mass is 19.1. The molecular formula is C14H12FN3O. The van der Waals surface area contributed by atoms with Crippen molar-refractivity contribution in [3.63, 3.8) is 0 Å². The summed E-state index contributed by atoms with van der Waals surface area (Å²) in [6.07, 6.45) is 0. The highest BCUT2D eigenvalue weighted by Gasteiger charge is 2.14. The van der Waals surface area contributed by atoms with Crippen molar-refractivity contribution in [1.82, 2.24) is 4.98 Å². The molecule has 5 heteroatoms. The minimum atomic E-state index is -0.609. The molecule has 0 bridgehead atoms. The Balaban J connectivity index is 2.24. The van der Waals surface area contributed by atoms with Crippen LogP contribution in [0.5, 0.6) is 0 Å². The van der Waals surface area contributed by atoms with Crippen LogP contribution in [0.4, 0.5) is 10.2 Å². The minimum Gasteiger partial charge on any atom is -0.394 e. The quantitative estimate of drug-likeness (QED) is 0.881. The van der Waals surface area contributed by atoms with Crippen molar-refractivity contribution in [2.45, 2.75) is 6.04 Å². The molecular weight excluding hydrogens is 245 g/mol. The third kappa shape index (κ3) is 3.06. The number of aliphatic hydroxyl groups is 1. The predicted octanol–water partition coefficient (Wildman–Crippen LogP) is 2.24. The van der Waals surface area contributed by atoms with Gasteiger partial charge in [-0.15, -0.1) is 0 Å². The topological polar surface area (TPSA) is 68.9 Å². The van der Waals surface area contributed by atoms with Crippen LogP contribution >= 0.6 is 0 Å². The van der Waals surface area contributed by atoms with E-state index in [0.29, 0.717) is 11.4 Å². The van der Waals surface area contributed by atoms with Crippen molar-refractivity contribution >= 4 is 5.82 Å². The normalized spacial score (nSPS) is 11.6. The van der Waals surface area contributed by atoms with Crippen LogP contribution < -0.4 is 5.32 Å². The summed E-state index contributed by atoms with van der Waals surface area (Å²) in [5.41, 5.74) is 0.615. The van der Waals surface area contributed by atoms with Gasteiger partial charge in [-0.1, -0.05) is 24.3 Å². The van der Waals surface area contributed by atoms with Crippen molar-refractivity contribution in [1.29, 1.82) is 5.26 Å². The zero-order valence-electron chi connectivity index (χ0n) is 10.0. The highest BCUT2D eigenvalue weighted by Crippen LogP contribution is 2.20. The van der Waals surface area contributed by atoms with E-state index >= 15 is 0 Å². The van der Waals surface area contributed by atoms with Gasteiger partial charge in [0, 0.05) is 5.56 Å². The lowest BCUT2D eigenvalue weighted by molar-refractivity contribution is 0.273. The Morgan fingerprint density at radius 2 is 2.05 bits per heavy atom. The first kappa shape index (κ1) is 13.0. The fourth-order valence-electron chi connectivity index (χ4n) is 1.74. The summed E-state index contributed by atoms with van der Waals surface area (Å²) in [4.78, 5) is 4.03. The van der Waals surface area contributed by atoms with E-state index in [2.05, 4.69) is 10.3 Å². The molecule has 4 nitrogen and oxygen atoms in total. The largest absolute Gasteiger partial charge is 0.394 e. The highest BCUT2D eigenvalue weighted by molar-refractivity contribution is 5.41. The van der Waals surface area contributed by atoms with Crippen molar-refractivity contribution < 1.29 is 9.50 Å². The first-order valence-electron chi connectivity index (χ1n) is 5.73. The van der Waals surface area contributed by atoms with Crippen molar-refractivity contribution in [3.05, 3.63) is 59.5 Å². The molecule has 1 aromatic heterocycles. The van der Waals surface area contributed by atoms with E-state index in [4.69, 9.17) is 5.26 Å². The molecule has 1 unspecified atom stereocenters. The second-order valence-corrected chi connectivity index (χ2v) is 3.92. The third-order valence-corrected chi connectivity index (χ3v) is 2.65. The van der Waals surface area contributed by atoms with E-state index in [1.165, 1.54) is 6.07 Å². The molecule has 1 aromatic carbocycles. The summed E-state index contributed by atoms with van der Waals surface area (Å²) in [5.74, 6) is 0.0202. The maximum Gasteiger partial charge on any atom is 0.142 e. The lowest BCUT2D eigenvalue weighted by atomic mass is 10.1. The first-order chi connectivity index (χ1) is 9.24. The van der Waals surface area contributed by atoms with Crippen LogP contribution in [-0.4, -0.2) is 16.7 Å². The van der Waals surface area contributed by atoms with Gasteiger partial charge in [-0.05, 0) is 18.2 Å². The van der Waals surface area contributed by atoms with Gasteiger partial charge in [-0.25, -0.2) is 9.37 Å². The molecule has 0 fully saturated rings. The van der Waals surface area contributed by atoms with Crippen LogP contribution in [0.15, 0.2) is 42.5 Å². The van der Waals surface area contributed by atoms with Gasteiger partial charge >= 0.3 is 0 Å². The number of rotatable bonds is 4. The van der Waals surface area contributed by atoms with Gasteiger partial charge in [-0.3, -0.25) is 0 Å². The molecule has 0 spiro atoms. The van der Waals surface area contributed by atoms with Gasteiger partial charge < -0.3 is 10.4 Å². The standard InChI is InChI=1S/C14H12FN3O/c15-12-6-2-1-5-11(12)13(9-19)18-14-7-3-4-10(8-16)17-14/h1-7,13,19H,9H2,(H,17,18). The van der Waals surface area contributed by atoms with E-state index in [0.717, 1.165) is 0 Å². The summed E-state index contributed by atoms with van der Waals surface area (Å²) in [5, 5.41) is 21.0. The molecule has 2 N–H and O–H groups in total. The van der Waals surface area contributed by atoms with E-state index < -0.39 is 11.9 Å². The number of aliphatic hydroxyl groups excluding tert-OH is 1. The minimum absolute atomic E-state index is 0.259. The van der Waals surface area contributed by atoms with Gasteiger partial charge in [0.25, 0.3) is 0 Å². The Morgan fingerprint density at radius 1 is 1.26 bits per heavy atom. The number of halogens is 1. The second kappa shape index (κ2) is 5.94. The molecule has 0 aliphatic rings. The lowest BCUT2D eigenvalue weighted by Gasteiger charge is -2.17. The van der Waals surface area contributed by atoms with Gasteiger partial charge in [0.15, 0.2) is 0 Å². The molecule has 0 aliphatic heterocycles. The molecule has 2 aromatic rings. The van der Waals surface area contributed by atoms with E-state index in [-0.39, 0.29) is 12.3 Å². The maximum atomic E-state index is 13.7. The molecule has 2 rings (SSSR count). The molecule has 0 saturated heterocycles. The van der Waals surface area contributed by atoms with Crippen molar-refractivity contribution in [2.24, 2.45) is 0 Å². The maximum absolute atomic E-state index is 13.7. The van der Waals surface area contributed by atoms with Crippen LogP contribution in [0.1, 0.15) is 17.3 Å². The number of hydrogen-bond donors (Lipinski definition) is 2. The summed E-state index contributed by atoms with van der Waals surface area (Å²) in [6.45, 7) is -0.278. The Morgan fingerprint density at radius 3 is 2.74 bits per heavy atom. The van der Waals surface area contributed by atoms with Gasteiger partial charge in [0.1, 0.15) is 23.4 Å². The number of nitrogens with one attached hydrogen (secondary N) is 1. The number of hydrogen-bond acceptors (Lipinski definition) is 4. The fraction of sp³-hybridized carbons (Fsp3) is 0.143. The van der Waals surface area contributed by atoms with Crippen molar-refractivity contribution in [2.75, 3.05) is 11.9 Å². The smallest absolute Gasteiger partial charge is 0.142 e. The molecule has 1 heterocycles. The Kier molecular flexibility index (Phi) is 4.06. The number of nitrogens with zero attached hydrogens (tertiary/aromatic N) is 2. The number of nitriles is 1. The van der Waals surface area contributed by atoms with Crippen LogP contribution in [0, 0.1) is 17.1 Å². The summed E-state index contributed by atoms with van der Waals surface area (Å²) in [6, 6.07) is 12.4. The average Bonchev–Trinajstić information content (AvgIpc) is 2.46. The van der Waals surface area contributed by atoms with E-state index in [1.54, 1.807) is 36.4 Å². The monoisotopic (exact) mass is 257 g/mol. The predicted molar refractivity (Wildman–Crippen MR) is 68.8 cm³/mol. The number of aromatic nitrogens is 1. The molecule has 1 atom stereocenters. The Labute approximate surface area is 110 Å². The SMILES string of the molecule is N#Cc1cccc(NC(CO)c2ccccc2F)n1. The van der Waals surface area contributed by atoms with Crippen LogP contribution in [-0.2, 0) is 0 Å². The summed E-state index contributed by atoms with van der Waals surface area (Å²) < 4.78 is 13.7. The van der Waals surface area contributed by atoms with Gasteiger partial charge in [0.05, 0.1) is 12.6 Å². The molecule has 0 aliphatic carbocycles. The molecule has 96 valence electrons. The van der Waals surface area contributed by atoms with E-state index in [9.17, 15) is 9.50 Å². The van der Waals surface area contributed by atoms with Gasteiger partial charge in [-0.2, -0.15) is 5.26 Å². The first-order valence-corrected chi connectivity index (χ1v) is 5.73. The zero-order chi connectivity index (χ0) is 13.7. The number of pyridine rings is 1. The van der Waals surface area contributed by atoms with Crippen LogP contribution in [0.25, 0.3) is 0 Å². The second-order valence-electron chi connectivity index (χ2n) is 3.92. The molecule has 0 radical (unpaired) electrons. The van der Waals surface area contributed by atoms with Crippen LogP contribution in [0.3, 0.4) is 0 Å². The third-order valence-electron chi connectivity index (χ3n) is 2.65. The molecule has 0 amide bonds. The van der Waals surface area contributed by atoms with Crippen molar-refractivity contribution in [3.8, 4) is 6.07 Å². The molecule has 19 heavy (non-hydrogen) atoms. The fourth-order valence-corrected chi connectivity index (χ4v) is 1.74. The van der Waals surface area contributed by atoms with Crippen LogP contribution in [0.2, 0.25) is 0 Å². The van der Waals surface area contributed by atoms with Gasteiger partial charge in [0.2, 0.25) is 0 Å². The Hall–Kier alpha value is -2.45. The molecule has 0 saturated carbocycles. The number of anilines is 1. The zero-order valence-corrected chi connectivity index (χ0v) is 10.0. The van der Waals surface area contributed by atoms with E-state index in [1.807, 2.05) is 6.07 Å². The summed E-state index contributed by atoms with van der Waals surface area (Å²) in [7, 11) is 0. The lowest BCUT2D eigenvalue weighted by Crippen LogP contribution is -2.17. The Bertz CT molecular complexity index is 610.